The first kappa shape index (κ1) is 20.0. The fourth-order valence-electron chi connectivity index (χ4n) is 3.55. The van der Waals surface area contributed by atoms with Gasteiger partial charge in [-0.2, -0.15) is 0 Å². The summed E-state index contributed by atoms with van der Waals surface area (Å²) in [4.78, 5) is 17.2. The van der Waals surface area contributed by atoms with E-state index in [1.807, 2.05) is 60.7 Å². The molecule has 156 valence electrons. The van der Waals surface area contributed by atoms with Crippen molar-refractivity contribution in [2.45, 2.75) is 19.4 Å². The fourth-order valence-corrected chi connectivity index (χ4v) is 3.55. The highest BCUT2D eigenvalue weighted by Crippen LogP contribution is 2.27. The van der Waals surface area contributed by atoms with Crippen molar-refractivity contribution in [3.8, 4) is 0 Å². The van der Waals surface area contributed by atoms with Crippen LogP contribution in [-0.2, 0) is 18.1 Å². The standard InChI is InChI=1S/C21H23FN6O2/c22-16-28-24-20(23-25-28)19(18-9-5-2-6-10-18)26-11-13-27(14-12-26)21(29)30-15-17-7-3-1-4-8-17/h1-10,19H,11-16H2/t19-/m1/s1. The van der Waals surface area contributed by atoms with E-state index >= 15 is 0 Å². The lowest BCUT2D eigenvalue weighted by molar-refractivity contribution is 0.0635. The predicted octanol–water partition coefficient (Wildman–Crippen LogP) is 2.64. The maximum atomic E-state index is 12.9. The van der Waals surface area contributed by atoms with Crippen LogP contribution >= 0.6 is 0 Å². The molecule has 1 aromatic heterocycles. The monoisotopic (exact) mass is 410 g/mol. The Bertz CT molecular complexity index is 944. The molecule has 1 aliphatic heterocycles. The number of carbonyl (C=O) groups is 1. The normalized spacial score (nSPS) is 15.7. The third-order valence-electron chi connectivity index (χ3n) is 5.08. The number of rotatable bonds is 6. The molecule has 1 saturated heterocycles. The third-order valence-corrected chi connectivity index (χ3v) is 5.08. The lowest BCUT2D eigenvalue weighted by atomic mass is 10.0. The van der Waals surface area contributed by atoms with E-state index in [-0.39, 0.29) is 18.7 Å². The molecule has 1 atom stereocenters. The molecule has 0 bridgehead atoms. The summed E-state index contributed by atoms with van der Waals surface area (Å²) >= 11 is 0. The summed E-state index contributed by atoms with van der Waals surface area (Å²) < 4.78 is 18.3. The lowest BCUT2D eigenvalue weighted by Gasteiger charge is -2.37. The first-order valence-electron chi connectivity index (χ1n) is 9.83. The van der Waals surface area contributed by atoms with Gasteiger partial charge < -0.3 is 9.64 Å². The van der Waals surface area contributed by atoms with Crippen molar-refractivity contribution in [2.75, 3.05) is 26.2 Å². The highest BCUT2D eigenvalue weighted by molar-refractivity contribution is 5.67. The van der Waals surface area contributed by atoms with Gasteiger partial charge in [0.2, 0.25) is 6.80 Å². The minimum absolute atomic E-state index is 0.253. The molecule has 2 aromatic carbocycles. The van der Waals surface area contributed by atoms with E-state index in [2.05, 4.69) is 20.3 Å². The number of piperazine rings is 1. The lowest BCUT2D eigenvalue weighted by Crippen LogP contribution is -2.50. The van der Waals surface area contributed by atoms with Crippen LogP contribution < -0.4 is 0 Å². The van der Waals surface area contributed by atoms with Crippen molar-refractivity contribution in [3.63, 3.8) is 0 Å². The second-order valence-corrected chi connectivity index (χ2v) is 7.02. The second kappa shape index (κ2) is 9.45. The van der Waals surface area contributed by atoms with E-state index < -0.39 is 6.80 Å². The van der Waals surface area contributed by atoms with Crippen LogP contribution in [0.15, 0.2) is 60.7 Å². The smallest absolute Gasteiger partial charge is 0.410 e. The van der Waals surface area contributed by atoms with Gasteiger partial charge in [-0.1, -0.05) is 60.7 Å². The molecular weight excluding hydrogens is 387 g/mol. The van der Waals surface area contributed by atoms with E-state index in [0.29, 0.717) is 32.0 Å². The van der Waals surface area contributed by atoms with Gasteiger partial charge in [0, 0.05) is 26.2 Å². The van der Waals surface area contributed by atoms with E-state index in [1.165, 1.54) is 0 Å². The van der Waals surface area contributed by atoms with E-state index in [4.69, 9.17) is 4.74 Å². The van der Waals surface area contributed by atoms with Gasteiger partial charge in [0.1, 0.15) is 6.61 Å². The molecule has 2 heterocycles. The van der Waals surface area contributed by atoms with Gasteiger partial charge in [0.15, 0.2) is 5.82 Å². The summed E-state index contributed by atoms with van der Waals surface area (Å²) in [6.45, 7) is 1.70. The van der Waals surface area contributed by atoms with Crippen LogP contribution in [0.3, 0.4) is 0 Å². The van der Waals surface area contributed by atoms with Gasteiger partial charge in [0.05, 0.1) is 6.04 Å². The maximum absolute atomic E-state index is 12.9. The van der Waals surface area contributed by atoms with Crippen LogP contribution in [0.1, 0.15) is 23.0 Å². The number of carbonyl (C=O) groups excluding carboxylic acids is 1. The van der Waals surface area contributed by atoms with Crippen LogP contribution in [-0.4, -0.2) is 62.3 Å². The van der Waals surface area contributed by atoms with Crippen LogP contribution in [0, 0.1) is 0 Å². The Morgan fingerprint density at radius 3 is 2.30 bits per heavy atom. The molecule has 3 aromatic rings. The average molecular weight is 410 g/mol. The Balaban J connectivity index is 1.40. The van der Waals surface area contributed by atoms with Crippen LogP contribution in [0.25, 0.3) is 0 Å². The minimum atomic E-state index is -0.824. The number of aromatic nitrogens is 4. The van der Waals surface area contributed by atoms with Crippen molar-refractivity contribution in [2.24, 2.45) is 0 Å². The summed E-state index contributed by atoms with van der Waals surface area (Å²) in [7, 11) is 0. The van der Waals surface area contributed by atoms with Gasteiger partial charge >= 0.3 is 6.09 Å². The average Bonchev–Trinajstić information content (AvgIpc) is 3.28. The Hall–Kier alpha value is -3.33. The molecule has 9 heteroatoms. The highest BCUT2D eigenvalue weighted by atomic mass is 19.1. The largest absolute Gasteiger partial charge is 0.445 e. The molecule has 30 heavy (non-hydrogen) atoms. The predicted molar refractivity (Wildman–Crippen MR) is 107 cm³/mol. The molecule has 8 nitrogen and oxygen atoms in total. The molecule has 1 fully saturated rings. The number of halogens is 1. The topological polar surface area (TPSA) is 76.4 Å². The summed E-state index contributed by atoms with van der Waals surface area (Å²) in [5, 5.41) is 12.0. The number of tetrazole rings is 1. The second-order valence-electron chi connectivity index (χ2n) is 7.02. The van der Waals surface area contributed by atoms with Crippen molar-refractivity contribution in [3.05, 3.63) is 77.6 Å². The fraction of sp³-hybridized carbons (Fsp3) is 0.333. The summed E-state index contributed by atoms with van der Waals surface area (Å²) in [6.07, 6.45) is -0.323. The Morgan fingerprint density at radius 1 is 1.00 bits per heavy atom. The van der Waals surface area contributed by atoms with E-state index in [0.717, 1.165) is 15.9 Å². The Kier molecular flexibility index (Phi) is 6.29. The first-order chi connectivity index (χ1) is 14.7. The van der Waals surface area contributed by atoms with Crippen molar-refractivity contribution < 1.29 is 13.9 Å². The number of hydrogen-bond acceptors (Lipinski definition) is 6. The van der Waals surface area contributed by atoms with Crippen LogP contribution in [0.4, 0.5) is 9.18 Å². The molecule has 0 radical (unpaired) electrons. The van der Waals surface area contributed by atoms with Crippen LogP contribution in [0.5, 0.6) is 0 Å². The summed E-state index contributed by atoms with van der Waals surface area (Å²) in [5.41, 5.74) is 1.95. The molecule has 0 aliphatic carbocycles. The van der Waals surface area contributed by atoms with E-state index in [9.17, 15) is 9.18 Å². The van der Waals surface area contributed by atoms with Gasteiger partial charge in [-0.25, -0.2) is 9.18 Å². The molecule has 1 aliphatic rings. The van der Waals surface area contributed by atoms with Gasteiger partial charge in [0.25, 0.3) is 0 Å². The molecule has 1 amide bonds. The number of nitrogens with zero attached hydrogens (tertiary/aromatic N) is 6. The van der Waals surface area contributed by atoms with Crippen molar-refractivity contribution in [1.82, 2.24) is 30.0 Å². The first-order valence-corrected chi connectivity index (χ1v) is 9.83. The van der Waals surface area contributed by atoms with Crippen molar-refractivity contribution in [1.29, 1.82) is 0 Å². The zero-order valence-corrected chi connectivity index (χ0v) is 16.5. The minimum Gasteiger partial charge on any atom is -0.445 e. The molecule has 0 N–H and O–H groups in total. The maximum Gasteiger partial charge on any atom is 0.410 e. The number of hydrogen-bond donors (Lipinski definition) is 0. The van der Waals surface area contributed by atoms with E-state index in [1.54, 1.807) is 4.90 Å². The number of ether oxygens (including phenoxy) is 1. The Morgan fingerprint density at radius 2 is 1.67 bits per heavy atom. The van der Waals surface area contributed by atoms with Gasteiger partial charge in [-0.05, 0) is 16.3 Å². The van der Waals surface area contributed by atoms with Crippen molar-refractivity contribution >= 4 is 6.09 Å². The zero-order valence-electron chi connectivity index (χ0n) is 16.5. The third kappa shape index (κ3) is 4.62. The number of benzene rings is 2. The quantitative estimate of drug-likeness (QED) is 0.622. The molecule has 0 unspecified atom stereocenters. The molecule has 4 rings (SSSR count). The SMILES string of the molecule is O=C(OCc1ccccc1)N1CCN([C@H](c2ccccc2)c2nnn(CF)n2)CC1. The number of alkyl halides is 1. The summed E-state index contributed by atoms with van der Waals surface area (Å²) in [6, 6.07) is 19.1. The molecular formula is C21H23FN6O2. The zero-order chi connectivity index (χ0) is 20.8. The van der Waals surface area contributed by atoms with Crippen LogP contribution in [0.2, 0.25) is 0 Å². The Labute approximate surface area is 173 Å². The molecule has 0 saturated carbocycles. The summed E-state index contributed by atoms with van der Waals surface area (Å²) in [5.74, 6) is 0.443. The van der Waals surface area contributed by atoms with Gasteiger partial charge in [-0.3, -0.25) is 4.90 Å². The van der Waals surface area contributed by atoms with Gasteiger partial charge in [-0.15, -0.1) is 15.0 Å². The molecule has 0 spiro atoms. The number of amides is 1. The highest BCUT2D eigenvalue weighted by Gasteiger charge is 2.31.